The van der Waals surface area contributed by atoms with Crippen LogP contribution in [-0.4, -0.2) is 16.0 Å². The number of carbonyl (C=O) groups is 1. The molecule has 0 bridgehead atoms. The maximum Gasteiger partial charge on any atom is 0.229 e. The molecule has 1 N–H and O–H groups in total. The number of nitrogens with one attached hydrogen (secondary N) is 1. The van der Waals surface area contributed by atoms with E-state index in [1.807, 2.05) is 50.2 Å². The highest BCUT2D eigenvalue weighted by atomic mass is 16.5. The lowest BCUT2D eigenvalue weighted by Crippen LogP contribution is -2.15. The van der Waals surface area contributed by atoms with Gasteiger partial charge in [0.05, 0.1) is 12.1 Å². The minimum absolute atomic E-state index is 0.0891. The van der Waals surface area contributed by atoms with Gasteiger partial charge < -0.3 is 9.84 Å². The van der Waals surface area contributed by atoms with Gasteiger partial charge in [-0.2, -0.15) is 0 Å². The van der Waals surface area contributed by atoms with Crippen LogP contribution in [0.15, 0.2) is 53.2 Å². The molecule has 0 aliphatic rings. The van der Waals surface area contributed by atoms with Gasteiger partial charge >= 0.3 is 0 Å². The van der Waals surface area contributed by atoms with Crippen LogP contribution in [0.1, 0.15) is 17.0 Å². The van der Waals surface area contributed by atoms with E-state index in [9.17, 15) is 4.79 Å². The maximum absolute atomic E-state index is 12.0. The van der Waals surface area contributed by atoms with Gasteiger partial charge in [-0.15, -0.1) is 0 Å². The van der Waals surface area contributed by atoms with Crippen molar-refractivity contribution in [3.63, 3.8) is 0 Å². The molecule has 1 amide bonds. The minimum Gasteiger partial charge on any atom is -0.361 e. The predicted molar refractivity (Wildman–Crippen MR) is 88.0 cm³/mol. The van der Waals surface area contributed by atoms with Gasteiger partial charge in [0.25, 0.3) is 0 Å². The van der Waals surface area contributed by atoms with E-state index in [1.165, 1.54) is 0 Å². The fraction of sp³-hybridized carbons (Fsp3) is 0.167. The summed E-state index contributed by atoms with van der Waals surface area (Å²) in [6.45, 7) is 3.76. The first kappa shape index (κ1) is 15.0. The summed E-state index contributed by atoms with van der Waals surface area (Å²) in [5, 5.41) is 6.74. The second-order valence-electron chi connectivity index (χ2n) is 5.34. The first-order valence-corrected chi connectivity index (χ1v) is 7.36. The molecule has 0 saturated heterocycles. The molecule has 5 heteroatoms. The van der Waals surface area contributed by atoms with Crippen molar-refractivity contribution in [2.45, 2.75) is 20.3 Å². The van der Waals surface area contributed by atoms with E-state index in [2.05, 4.69) is 15.5 Å². The number of anilines is 1. The van der Waals surface area contributed by atoms with E-state index < -0.39 is 0 Å². The van der Waals surface area contributed by atoms with Crippen molar-refractivity contribution in [2.75, 3.05) is 5.32 Å². The number of aryl methyl sites for hydroxylation is 2. The van der Waals surface area contributed by atoms with Gasteiger partial charge in [-0.05, 0) is 31.5 Å². The number of aromatic nitrogens is 2. The second-order valence-corrected chi connectivity index (χ2v) is 5.34. The molecule has 23 heavy (non-hydrogen) atoms. The highest BCUT2D eigenvalue weighted by Crippen LogP contribution is 2.26. The Kier molecular flexibility index (Phi) is 4.19. The van der Waals surface area contributed by atoms with Gasteiger partial charge in [0.15, 0.2) is 0 Å². The van der Waals surface area contributed by atoms with E-state index in [-0.39, 0.29) is 5.91 Å². The molecule has 0 aliphatic carbocycles. The summed E-state index contributed by atoms with van der Waals surface area (Å²) in [5.74, 6) is 1.19. The Hall–Kier alpha value is -2.95. The summed E-state index contributed by atoms with van der Waals surface area (Å²) in [4.78, 5) is 16.3. The van der Waals surface area contributed by atoms with Crippen LogP contribution in [0, 0.1) is 13.8 Å². The molecule has 116 valence electrons. The summed E-state index contributed by atoms with van der Waals surface area (Å²) in [6, 6.07) is 13.3. The van der Waals surface area contributed by atoms with Gasteiger partial charge in [0, 0.05) is 17.3 Å². The van der Waals surface area contributed by atoms with Gasteiger partial charge in [-0.25, -0.2) is 4.98 Å². The van der Waals surface area contributed by atoms with Crippen LogP contribution in [0.4, 0.5) is 5.82 Å². The predicted octanol–water partition coefficient (Wildman–Crippen LogP) is 3.53. The van der Waals surface area contributed by atoms with Crippen LogP contribution in [0.2, 0.25) is 0 Å². The third-order valence-electron chi connectivity index (χ3n) is 3.56. The zero-order valence-corrected chi connectivity index (χ0v) is 13.0. The molecular formula is C18H17N3O2. The Morgan fingerprint density at radius 1 is 1.13 bits per heavy atom. The van der Waals surface area contributed by atoms with Crippen LogP contribution in [-0.2, 0) is 11.2 Å². The fourth-order valence-electron chi connectivity index (χ4n) is 2.48. The number of nitrogens with zero attached hydrogens (tertiary/aromatic N) is 2. The van der Waals surface area contributed by atoms with Crippen molar-refractivity contribution >= 4 is 11.7 Å². The van der Waals surface area contributed by atoms with Gasteiger partial charge in [-0.3, -0.25) is 4.79 Å². The molecule has 3 rings (SSSR count). The lowest BCUT2D eigenvalue weighted by atomic mass is 10.1. The number of amides is 1. The smallest absolute Gasteiger partial charge is 0.229 e. The average molecular weight is 307 g/mol. The number of benzene rings is 1. The van der Waals surface area contributed by atoms with Crippen LogP contribution in [0.5, 0.6) is 0 Å². The molecule has 0 aliphatic heterocycles. The molecule has 0 atom stereocenters. The summed E-state index contributed by atoms with van der Waals surface area (Å²) < 4.78 is 5.16. The van der Waals surface area contributed by atoms with Gasteiger partial charge in [-0.1, -0.05) is 35.5 Å². The van der Waals surface area contributed by atoms with Crippen LogP contribution in [0.25, 0.3) is 11.1 Å². The molecule has 3 aromatic rings. The summed E-state index contributed by atoms with van der Waals surface area (Å²) in [6.07, 6.45) is 2.04. The Morgan fingerprint density at radius 2 is 1.91 bits per heavy atom. The largest absolute Gasteiger partial charge is 0.361 e. The van der Waals surface area contributed by atoms with E-state index in [0.717, 1.165) is 28.1 Å². The van der Waals surface area contributed by atoms with Crippen LogP contribution < -0.4 is 5.32 Å². The third kappa shape index (κ3) is 3.45. The molecular weight excluding hydrogens is 290 g/mol. The molecule has 0 saturated carbocycles. The number of carbonyl (C=O) groups excluding carboxylic acids is 1. The third-order valence-corrected chi connectivity index (χ3v) is 3.56. The number of hydrogen-bond donors (Lipinski definition) is 1. The molecule has 5 nitrogen and oxygen atoms in total. The first-order chi connectivity index (χ1) is 11.1. The molecule has 0 radical (unpaired) electrons. The summed E-state index contributed by atoms with van der Waals surface area (Å²) >= 11 is 0. The molecule has 2 heterocycles. The lowest BCUT2D eigenvalue weighted by molar-refractivity contribution is -0.115. The number of pyridine rings is 1. The number of rotatable bonds is 4. The topological polar surface area (TPSA) is 68.0 Å². The minimum atomic E-state index is -0.0891. The summed E-state index contributed by atoms with van der Waals surface area (Å²) in [7, 11) is 0. The van der Waals surface area contributed by atoms with Crippen molar-refractivity contribution in [2.24, 2.45) is 0 Å². The Balaban J connectivity index is 1.69. The van der Waals surface area contributed by atoms with Gasteiger partial charge in [0.1, 0.15) is 11.6 Å². The molecule has 0 fully saturated rings. The summed E-state index contributed by atoms with van der Waals surface area (Å²) in [5.41, 5.74) is 3.66. The lowest BCUT2D eigenvalue weighted by Gasteiger charge is -2.06. The maximum atomic E-state index is 12.0. The van der Waals surface area contributed by atoms with Crippen molar-refractivity contribution in [3.8, 4) is 11.1 Å². The van der Waals surface area contributed by atoms with E-state index in [1.54, 1.807) is 12.3 Å². The Bertz CT molecular complexity index is 789. The van der Waals surface area contributed by atoms with E-state index in [4.69, 9.17) is 4.52 Å². The Labute approximate surface area is 134 Å². The van der Waals surface area contributed by atoms with Gasteiger partial charge in [0.2, 0.25) is 5.91 Å². The SMILES string of the molecule is Cc1noc(C)c1-c1ccc(NC(=O)Cc2ccccc2)nc1. The zero-order valence-electron chi connectivity index (χ0n) is 13.0. The molecule has 1 aromatic carbocycles. The molecule has 0 unspecified atom stereocenters. The zero-order chi connectivity index (χ0) is 16.2. The standard InChI is InChI=1S/C18H17N3O2/c1-12-18(13(2)23-21-12)15-8-9-16(19-11-15)20-17(22)10-14-6-4-3-5-7-14/h3-9,11H,10H2,1-2H3,(H,19,20,22). The average Bonchev–Trinajstić information content (AvgIpc) is 2.88. The van der Waals surface area contributed by atoms with Crippen LogP contribution >= 0.6 is 0 Å². The van der Waals surface area contributed by atoms with Crippen LogP contribution in [0.3, 0.4) is 0 Å². The Morgan fingerprint density at radius 3 is 2.52 bits per heavy atom. The van der Waals surface area contributed by atoms with Crippen molar-refractivity contribution in [1.82, 2.24) is 10.1 Å². The quantitative estimate of drug-likeness (QED) is 0.800. The molecule has 0 spiro atoms. The highest BCUT2D eigenvalue weighted by molar-refractivity contribution is 5.91. The fourth-order valence-corrected chi connectivity index (χ4v) is 2.48. The van der Waals surface area contributed by atoms with E-state index >= 15 is 0 Å². The normalized spacial score (nSPS) is 10.5. The van der Waals surface area contributed by atoms with E-state index in [0.29, 0.717) is 12.2 Å². The van der Waals surface area contributed by atoms with Crippen molar-refractivity contribution in [3.05, 3.63) is 65.7 Å². The number of hydrogen-bond acceptors (Lipinski definition) is 4. The molecule has 2 aromatic heterocycles. The first-order valence-electron chi connectivity index (χ1n) is 7.36. The monoisotopic (exact) mass is 307 g/mol. The highest BCUT2D eigenvalue weighted by Gasteiger charge is 2.12. The van der Waals surface area contributed by atoms with Crippen molar-refractivity contribution < 1.29 is 9.32 Å². The second kappa shape index (κ2) is 6.44. The van der Waals surface area contributed by atoms with Crippen molar-refractivity contribution in [1.29, 1.82) is 0 Å².